The van der Waals surface area contributed by atoms with Crippen LogP contribution in [0.5, 0.6) is 0 Å². The standard InChI is InChI=1S/C16H16Cl2N6O3S/c1-24(16(26)15-23-11(17)12(18)28-15)5-7-27-6-4-20-14(25)9-2-3-19-13-10(9)21-8-22-13/h2-3,8H,4-7H2,1H3,(H,20,25)(H,19,21,22). The second-order valence-electron chi connectivity index (χ2n) is 5.64. The summed E-state index contributed by atoms with van der Waals surface area (Å²) in [5, 5.41) is 3.12. The van der Waals surface area contributed by atoms with E-state index >= 15 is 0 Å². The Morgan fingerprint density at radius 2 is 2.14 bits per heavy atom. The number of rotatable bonds is 8. The highest BCUT2D eigenvalue weighted by atomic mass is 35.5. The van der Waals surface area contributed by atoms with Gasteiger partial charge >= 0.3 is 0 Å². The second kappa shape index (κ2) is 9.28. The Balaban J connectivity index is 1.37. The van der Waals surface area contributed by atoms with Gasteiger partial charge in [-0.25, -0.2) is 15.0 Å². The lowest BCUT2D eigenvalue weighted by atomic mass is 10.2. The Labute approximate surface area is 174 Å². The van der Waals surface area contributed by atoms with Crippen molar-refractivity contribution in [3.8, 4) is 0 Å². The fourth-order valence-corrected chi connectivity index (χ4v) is 3.50. The van der Waals surface area contributed by atoms with Crippen molar-refractivity contribution in [2.45, 2.75) is 0 Å². The number of H-pyrrole nitrogens is 1. The molecular formula is C16H16Cl2N6O3S. The molecule has 0 aromatic carbocycles. The van der Waals surface area contributed by atoms with E-state index in [9.17, 15) is 9.59 Å². The van der Waals surface area contributed by atoms with Gasteiger partial charge in [0.15, 0.2) is 15.8 Å². The van der Waals surface area contributed by atoms with Crippen LogP contribution in [0, 0.1) is 0 Å². The molecule has 9 nitrogen and oxygen atoms in total. The summed E-state index contributed by atoms with van der Waals surface area (Å²) in [7, 11) is 1.63. The number of aromatic nitrogens is 4. The van der Waals surface area contributed by atoms with Crippen LogP contribution in [-0.4, -0.2) is 70.0 Å². The van der Waals surface area contributed by atoms with E-state index in [1.54, 1.807) is 13.1 Å². The number of hydrogen-bond acceptors (Lipinski definition) is 7. The van der Waals surface area contributed by atoms with Gasteiger partial charge < -0.3 is 19.9 Å². The van der Waals surface area contributed by atoms with Crippen molar-refractivity contribution < 1.29 is 14.3 Å². The smallest absolute Gasteiger partial charge is 0.282 e. The van der Waals surface area contributed by atoms with Gasteiger partial charge in [0, 0.05) is 26.3 Å². The zero-order valence-corrected chi connectivity index (χ0v) is 17.1. The molecule has 0 aliphatic rings. The minimum absolute atomic E-state index is 0.122. The van der Waals surface area contributed by atoms with Gasteiger partial charge in [-0.15, -0.1) is 0 Å². The Morgan fingerprint density at radius 1 is 1.32 bits per heavy atom. The molecule has 0 radical (unpaired) electrons. The Morgan fingerprint density at radius 3 is 2.89 bits per heavy atom. The van der Waals surface area contributed by atoms with E-state index in [4.69, 9.17) is 27.9 Å². The highest BCUT2D eigenvalue weighted by Crippen LogP contribution is 2.28. The van der Waals surface area contributed by atoms with Gasteiger partial charge in [-0.3, -0.25) is 9.59 Å². The van der Waals surface area contributed by atoms with E-state index in [-0.39, 0.29) is 26.3 Å². The van der Waals surface area contributed by atoms with Gasteiger partial charge in [0.25, 0.3) is 11.8 Å². The summed E-state index contributed by atoms with van der Waals surface area (Å²) < 4.78 is 5.75. The molecule has 28 heavy (non-hydrogen) atoms. The van der Waals surface area contributed by atoms with Crippen LogP contribution < -0.4 is 5.32 Å². The number of hydrogen-bond donors (Lipinski definition) is 2. The molecule has 3 aromatic rings. The number of imidazole rings is 1. The third kappa shape index (κ3) is 4.76. The van der Waals surface area contributed by atoms with Crippen LogP contribution in [0.25, 0.3) is 11.2 Å². The van der Waals surface area contributed by atoms with Crippen molar-refractivity contribution in [3.05, 3.63) is 38.7 Å². The van der Waals surface area contributed by atoms with Crippen LogP contribution in [0.4, 0.5) is 0 Å². The number of ether oxygens (including phenoxy) is 1. The maximum Gasteiger partial charge on any atom is 0.282 e. The molecule has 0 unspecified atom stereocenters. The van der Waals surface area contributed by atoms with Crippen molar-refractivity contribution in [3.63, 3.8) is 0 Å². The predicted molar refractivity (Wildman–Crippen MR) is 106 cm³/mol. The molecule has 0 saturated heterocycles. The van der Waals surface area contributed by atoms with Crippen LogP contribution >= 0.6 is 34.5 Å². The first-order valence-corrected chi connectivity index (χ1v) is 9.76. The molecule has 0 aliphatic carbocycles. The molecule has 12 heteroatoms. The Kier molecular flexibility index (Phi) is 6.79. The van der Waals surface area contributed by atoms with Crippen LogP contribution in [0.2, 0.25) is 9.49 Å². The minimum Gasteiger partial charge on any atom is -0.378 e. The Hall–Kier alpha value is -2.27. The topological polar surface area (TPSA) is 113 Å². The van der Waals surface area contributed by atoms with Crippen molar-refractivity contribution >= 4 is 57.5 Å². The lowest BCUT2D eigenvalue weighted by molar-refractivity contribution is 0.0694. The predicted octanol–water partition coefficient (Wildman–Crippen LogP) is 2.24. The zero-order valence-electron chi connectivity index (χ0n) is 14.7. The fraction of sp³-hybridized carbons (Fsp3) is 0.312. The quantitative estimate of drug-likeness (QED) is 0.517. The molecule has 148 valence electrons. The molecule has 0 fully saturated rings. The number of halogens is 2. The van der Waals surface area contributed by atoms with Crippen LogP contribution in [-0.2, 0) is 4.74 Å². The molecule has 3 heterocycles. The molecule has 0 saturated carbocycles. The minimum atomic E-state index is -0.281. The van der Waals surface area contributed by atoms with E-state index in [0.717, 1.165) is 11.3 Å². The summed E-state index contributed by atoms with van der Waals surface area (Å²) >= 11 is 12.6. The molecule has 0 aliphatic heterocycles. The number of likely N-dealkylation sites (N-methyl/N-ethyl adjacent to an activating group) is 1. The lowest BCUT2D eigenvalue weighted by Crippen LogP contribution is -2.31. The summed E-state index contributed by atoms with van der Waals surface area (Å²) in [5.74, 6) is -0.526. The molecule has 2 N–H and O–H groups in total. The fourth-order valence-electron chi connectivity index (χ4n) is 2.31. The SMILES string of the molecule is CN(CCOCCNC(=O)c1ccnc2nc[nH]c12)C(=O)c1nc(Cl)c(Cl)s1. The summed E-state index contributed by atoms with van der Waals surface area (Å²) in [6.07, 6.45) is 3.02. The second-order valence-corrected chi connectivity index (χ2v) is 7.60. The first-order chi connectivity index (χ1) is 13.5. The van der Waals surface area contributed by atoms with E-state index < -0.39 is 0 Å². The van der Waals surface area contributed by atoms with Crippen molar-refractivity contribution in [2.24, 2.45) is 0 Å². The monoisotopic (exact) mass is 442 g/mol. The summed E-state index contributed by atoms with van der Waals surface area (Å²) in [6, 6.07) is 1.62. The highest BCUT2D eigenvalue weighted by Gasteiger charge is 2.18. The highest BCUT2D eigenvalue weighted by molar-refractivity contribution is 7.18. The molecule has 3 aromatic heterocycles. The molecule has 0 spiro atoms. The van der Waals surface area contributed by atoms with Gasteiger partial charge in [-0.2, -0.15) is 0 Å². The zero-order chi connectivity index (χ0) is 20.1. The van der Waals surface area contributed by atoms with Crippen molar-refractivity contribution in [1.29, 1.82) is 0 Å². The number of carbonyl (C=O) groups excluding carboxylic acids is 2. The van der Waals surface area contributed by atoms with Gasteiger partial charge in [0.05, 0.1) is 30.6 Å². The van der Waals surface area contributed by atoms with E-state index in [1.165, 1.54) is 17.4 Å². The number of nitrogens with zero attached hydrogens (tertiary/aromatic N) is 4. The average Bonchev–Trinajstić information content (AvgIpc) is 3.29. The third-order valence-electron chi connectivity index (χ3n) is 3.75. The van der Waals surface area contributed by atoms with E-state index in [0.29, 0.717) is 43.0 Å². The Bertz CT molecular complexity index is 972. The molecule has 0 atom stereocenters. The number of pyridine rings is 1. The average molecular weight is 443 g/mol. The molecular weight excluding hydrogens is 427 g/mol. The summed E-state index contributed by atoms with van der Waals surface area (Å²) in [4.78, 5) is 40.8. The lowest BCUT2D eigenvalue weighted by Gasteiger charge is -2.15. The van der Waals surface area contributed by atoms with Gasteiger partial charge in [-0.05, 0) is 6.07 Å². The van der Waals surface area contributed by atoms with Crippen LogP contribution in [0.3, 0.4) is 0 Å². The number of amides is 2. The van der Waals surface area contributed by atoms with Gasteiger partial charge in [0.1, 0.15) is 4.34 Å². The van der Waals surface area contributed by atoms with Crippen molar-refractivity contribution in [2.75, 3.05) is 33.4 Å². The largest absolute Gasteiger partial charge is 0.378 e. The first-order valence-electron chi connectivity index (χ1n) is 8.18. The third-order valence-corrected chi connectivity index (χ3v) is 5.48. The number of thiazole rings is 1. The molecule has 0 bridgehead atoms. The van der Waals surface area contributed by atoms with E-state index in [2.05, 4.69) is 25.3 Å². The van der Waals surface area contributed by atoms with Crippen molar-refractivity contribution in [1.82, 2.24) is 30.2 Å². The summed E-state index contributed by atoms with van der Waals surface area (Å²) in [6.45, 7) is 1.30. The van der Waals surface area contributed by atoms with Gasteiger partial charge in [-0.1, -0.05) is 34.5 Å². The van der Waals surface area contributed by atoms with E-state index in [1.807, 2.05) is 0 Å². The number of carbonyl (C=O) groups is 2. The van der Waals surface area contributed by atoms with Gasteiger partial charge in [0.2, 0.25) is 0 Å². The van der Waals surface area contributed by atoms with Crippen LogP contribution in [0.15, 0.2) is 18.6 Å². The number of fused-ring (bicyclic) bond motifs is 1. The normalized spacial score (nSPS) is 11.0. The first kappa shape index (κ1) is 20.5. The maximum atomic E-state index is 12.3. The van der Waals surface area contributed by atoms with Crippen LogP contribution in [0.1, 0.15) is 20.2 Å². The number of nitrogens with one attached hydrogen (secondary N) is 2. The summed E-state index contributed by atoms with van der Waals surface area (Å²) in [5.41, 5.74) is 1.54. The maximum absolute atomic E-state index is 12.3. The molecule has 3 rings (SSSR count). The number of aromatic amines is 1. The molecule has 2 amide bonds.